The molecule has 0 amide bonds. The smallest absolute Gasteiger partial charge is 0.316 e. The Hall–Kier alpha value is -4.26. The number of aryl methyl sites for hydroxylation is 2. The van der Waals surface area contributed by atoms with Crippen molar-refractivity contribution < 1.29 is 14.1 Å². The number of methoxy groups -OCH3 is 1. The summed E-state index contributed by atoms with van der Waals surface area (Å²) in [5.74, 6) is 0.616. The molecule has 1 aromatic carbocycles. The van der Waals surface area contributed by atoms with Crippen LogP contribution >= 0.6 is 0 Å². The van der Waals surface area contributed by atoms with Gasteiger partial charge in [0.2, 0.25) is 0 Å². The maximum atomic E-state index is 12.4. The average Bonchev–Trinajstić information content (AvgIpc) is 3.59. The number of esters is 1. The number of fused-ring (bicyclic) bond motifs is 1. The molecule has 4 aromatic heterocycles. The molecule has 7 heteroatoms. The minimum atomic E-state index is -0.491. The molecule has 38 heavy (non-hydrogen) atoms. The van der Waals surface area contributed by atoms with Crippen LogP contribution in [0, 0.1) is 13.8 Å². The van der Waals surface area contributed by atoms with Gasteiger partial charge in [0.25, 0.3) is 0 Å². The molecule has 5 aromatic rings. The molecule has 1 atom stereocenters. The van der Waals surface area contributed by atoms with Crippen LogP contribution in [0.4, 0.5) is 0 Å². The van der Waals surface area contributed by atoms with Crippen molar-refractivity contribution in [2.45, 2.75) is 51.5 Å². The number of aromatic nitrogens is 4. The van der Waals surface area contributed by atoms with Gasteiger partial charge in [-0.25, -0.2) is 0 Å². The second-order valence-corrected chi connectivity index (χ2v) is 10.1. The van der Waals surface area contributed by atoms with Gasteiger partial charge in [0, 0.05) is 35.3 Å². The molecule has 1 saturated carbocycles. The Balaban J connectivity index is 1.51. The fourth-order valence-electron chi connectivity index (χ4n) is 5.65. The largest absolute Gasteiger partial charge is 0.468 e. The summed E-state index contributed by atoms with van der Waals surface area (Å²) in [6.45, 7) is 6.05. The minimum Gasteiger partial charge on any atom is -0.468 e. The summed E-state index contributed by atoms with van der Waals surface area (Å²) >= 11 is 0. The molecule has 0 aliphatic heterocycles. The van der Waals surface area contributed by atoms with Gasteiger partial charge in [0.15, 0.2) is 0 Å². The van der Waals surface area contributed by atoms with Gasteiger partial charge < -0.3 is 13.8 Å². The van der Waals surface area contributed by atoms with Crippen molar-refractivity contribution in [1.82, 2.24) is 19.7 Å². The zero-order chi connectivity index (χ0) is 26.4. The summed E-state index contributed by atoms with van der Waals surface area (Å²) in [7, 11) is 1.46. The zero-order valence-corrected chi connectivity index (χ0v) is 22.1. The Kier molecular flexibility index (Phi) is 5.86. The van der Waals surface area contributed by atoms with Crippen LogP contribution in [0.15, 0.2) is 71.6 Å². The van der Waals surface area contributed by atoms with Gasteiger partial charge in [-0.3, -0.25) is 14.8 Å². The van der Waals surface area contributed by atoms with Crippen molar-refractivity contribution in [2.75, 3.05) is 7.11 Å². The SMILES string of the molecule is CC[C@@H](c1ccccn1)n1cc(-c2ccc(C3(C(=O)OC)CC3)cc2)c2ncc(-c3c(C)noc3C)cc21. The number of carbonyl (C=O) groups excluding carboxylic acids is 1. The number of benzene rings is 1. The third-order valence-electron chi connectivity index (χ3n) is 7.82. The molecular formula is C31H30N4O3. The van der Waals surface area contributed by atoms with Crippen LogP contribution in [0.3, 0.4) is 0 Å². The van der Waals surface area contributed by atoms with E-state index in [0.717, 1.165) is 75.3 Å². The maximum Gasteiger partial charge on any atom is 0.316 e. The Bertz CT molecular complexity index is 1610. The molecular weight excluding hydrogens is 476 g/mol. The molecule has 0 saturated heterocycles. The Morgan fingerprint density at radius 1 is 1.11 bits per heavy atom. The summed E-state index contributed by atoms with van der Waals surface area (Å²) in [5.41, 5.74) is 8.32. The molecule has 6 rings (SSSR count). The molecule has 1 aliphatic carbocycles. The minimum absolute atomic E-state index is 0.0440. The summed E-state index contributed by atoms with van der Waals surface area (Å²) in [6, 6.07) is 16.5. The molecule has 4 heterocycles. The first kappa shape index (κ1) is 24.1. The van der Waals surface area contributed by atoms with Gasteiger partial charge in [0.1, 0.15) is 5.76 Å². The van der Waals surface area contributed by atoms with Gasteiger partial charge in [-0.15, -0.1) is 0 Å². The van der Waals surface area contributed by atoms with Crippen LogP contribution in [0.5, 0.6) is 0 Å². The van der Waals surface area contributed by atoms with Gasteiger partial charge in [-0.05, 0) is 62.4 Å². The molecule has 0 N–H and O–H groups in total. The molecule has 192 valence electrons. The lowest BCUT2D eigenvalue weighted by atomic mass is 9.94. The van der Waals surface area contributed by atoms with E-state index in [0.29, 0.717) is 0 Å². The molecule has 0 unspecified atom stereocenters. The van der Waals surface area contributed by atoms with Crippen LogP contribution in [0.1, 0.15) is 54.9 Å². The maximum absolute atomic E-state index is 12.4. The van der Waals surface area contributed by atoms with Gasteiger partial charge in [-0.2, -0.15) is 0 Å². The Morgan fingerprint density at radius 3 is 2.50 bits per heavy atom. The predicted molar refractivity (Wildman–Crippen MR) is 146 cm³/mol. The quantitative estimate of drug-likeness (QED) is 0.232. The van der Waals surface area contributed by atoms with Crippen LogP contribution in [0.25, 0.3) is 33.3 Å². The highest BCUT2D eigenvalue weighted by molar-refractivity contribution is 5.95. The van der Waals surface area contributed by atoms with Crippen molar-refractivity contribution in [3.05, 3.63) is 89.8 Å². The van der Waals surface area contributed by atoms with Crippen molar-refractivity contribution in [2.24, 2.45) is 0 Å². The first-order valence-corrected chi connectivity index (χ1v) is 13.0. The van der Waals surface area contributed by atoms with E-state index < -0.39 is 5.41 Å². The van der Waals surface area contributed by atoms with Crippen molar-refractivity contribution in [1.29, 1.82) is 0 Å². The molecule has 1 aliphatic rings. The van der Waals surface area contributed by atoms with E-state index in [1.54, 1.807) is 0 Å². The van der Waals surface area contributed by atoms with Crippen LogP contribution in [-0.2, 0) is 14.9 Å². The summed E-state index contributed by atoms with van der Waals surface area (Å²) in [5, 5.41) is 4.15. The number of nitrogens with zero attached hydrogens (tertiary/aromatic N) is 4. The van der Waals surface area contributed by atoms with Crippen LogP contribution in [-0.4, -0.2) is 32.8 Å². The Morgan fingerprint density at radius 2 is 1.89 bits per heavy atom. The number of hydrogen-bond acceptors (Lipinski definition) is 6. The molecule has 0 spiro atoms. The van der Waals surface area contributed by atoms with Crippen LogP contribution < -0.4 is 0 Å². The lowest BCUT2D eigenvalue weighted by molar-refractivity contribution is -0.143. The zero-order valence-electron chi connectivity index (χ0n) is 22.1. The second kappa shape index (κ2) is 9.24. The lowest BCUT2D eigenvalue weighted by Gasteiger charge is -2.18. The predicted octanol–water partition coefficient (Wildman–Crippen LogP) is 6.57. The fraction of sp³-hybridized carbons (Fsp3) is 0.290. The fourth-order valence-corrected chi connectivity index (χ4v) is 5.65. The molecule has 1 fully saturated rings. The lowest BCUT2D eigenvalue weighted by Crippen LogP contribution is -2.21. The van der Waals surface area contributed by atoms with E-state index in [-0.39, 0.29) is 12.0 Å². The second-order valence-electron chi connectivity index (χ2n) is 10.1. The first-order chi connectivity index (χ1) is 18.5. The number of pyridine rings is 2. The van der Waals surface area contributed by atoms with Gasteiger partial charge >= 0.3 is 5.97 Å². The third-order valence-corrected chi connectivity index (χ3v) is 7.82. The van der Waals surface area contributed by atoms with E-state index in [1.807, 2.05) is 38.4 Å². The number of rotatable bonds is 7. The number of hydrogen-bond donors (Lipinski definition) is 0. The number of ether oxygens (including phenoxy) is 1. The third kappa shape index (κ3) is 3.81. The van der Waals surface area contributed by atoms with E-state index in [9.17, 15) is 4.79 Å². The molecule has 0 radical (unpaired) electrons. The highest BCUT2D eigenvalue weighted by Crippen LogP contribution is 2.49. The topological polar surface area (TPSA) is 83.0 Å². The monoisotopic (exact) mass is 506 g/mol. The summed E-state index contributed by atoms with van der Waals surface area (Å²) in [6.07, 6.45) is 8.44. The summed E-state index contributed by atoms with van der Waals surface area (Å²) in [4.78, 5) is 22.0. The number of carbonyl (C=O) groups is 1. The van der Waals surface area contributed by atoms with Gasteiger partial charge in [-0.1, -0.05) is 42.4 Å². The highest BCUT2D eigenvalue weighted by atomic mass is 16.5. The van der Waals surface area contributed by atoms with Gasteiger partial charge in [0.05, 0.1) is 41.0 Å². The Labute approximate surface area is 221 Å². The van der Waals surface area contributed by atoms with E-state index >= 15 is 0 Å². The van der Waals surface area contributed by atoms with Crippen molar-refractivity contribution in [3.63, 3.8) is 0 Å². The standard InChI is InChI=1S/C31H30N4O3/c1-5-26(25-8-6-7-15-32-25)35-18-24(21-9-11-23(12-10-21)31(13-14-31)30(36)37-4)29-27(35)16-22(17-33-29)28-19(2)34-38-20(28)3/h6-12,15-18,26H,5,13-14H2,1-4H3/t26-/m0/s1. The van der Waals surface area contributed by atoms with E-state index in [4.69, 9.17) is 14.2 Å². The highest BCUT2D eigenvalue weighted by Gasteiger charge is 2.52. The average molecular weight is 507 g/mol. The van der Waals surface area contributed by atoms with Crippen LogP contribution in [0.2, 0.25) is 0 Å². The van der Waals surface area contributed by atoms with Crippen molar-refractivity contribution in [3.8, 4) is 22.3 Å². The van der Waals surface area contributed by atoms with Crippen molar-refractivity contribution >= 4 is 17.0 Å². The normalized spacial score (nSPS) is 14.9. The molecule has 7 nitrogen and oxygen atoms in total. The van der Waals surface area contributed by atoms with E-state index in [1.165, 1.54) is 7.11 Å². The van der Waals surface area contributed by atoms with E-state index in [2.05, 4.69) is 64.2 Å². The summed E-state index contributed by atoms with van der Waals surface area (Å²) < 4.78 is 12.8. The first-order valence-electron chi connectivity index (χ1n) is 13.0. The molecule has 0 bridgehead atoms.